The quantitative estimate of drug-likeness (QED) is 0.238. The Morgan fingerprint density at radius 1 is 0.886 bits per heavy atom. The molecule has 1 aromatic carbocycles. The fourth-order valence-corrected chi connectivity index (χ4v) is 4.92. The monoisotopic (exact) mass is 486 g/mol. The lowest BCUT2D eigenvalue weighted by atomic mass is 9.71. The summed E-state index contributed by atoms with van der Waals surface area (Å²) in [6.45, 7) is 16.9. The molecule has 0 aliphatic heterocycles. The minimum absolute atomic E-state index is 0.121. The highest BCUT2D eigenvalue weighted by Crippen LogP contribution is 2.42. The fraction of sp³-hybridized carbons (Fsp3) is 0.742. The summed E-state index contributed by atoms with van der Waals surface area (Å²) >= 11 is 0. The number of esters is 2. The van der Waals surface area contributed by atoms with E-state index in [1.54, 1.807) is 0 Å². The molecule has 4 heteroatoms. The minimum Gasteiger partial charge on any atom is -0.465 e. The van der Waals surface area contributed by atoms with E-state index in [-0.39, 0.29) is 11.9 Å². The molecular weight excluding hydrogens is 436 g/mol. The molecule has 1 aliphatic rings. The number of rotatable bonds is 11. The summed E-state index contributed by atoms with van der Waals surface area (Å²) in [6, 6.07) is 7.12. The number of ether oxygens (including phenoxy) is 2. The number of fused-ring (bicyclic) bond motifs is 1. The molecule has 0 saturated carbocycles. The second-order valence-corrected chi connectivity index (χ2v) is 12.9. The standard InChI is InChI=1S/C31H50O4/c1-22(2)20-23-14-15-25-17-16-24(12-9-10-18-34-28(32)30(3,4)5)26(27(25)21-23)13-11-19-35-29(33)31(6,7)8/h14-15,21-22,24,26H,9-13,16-20H2,1-8H3. The van der Waals surface area contributed by atoms with E-state index in [2.05, 4.69) is 32.0 Å². The van der Waals surface area contributed by atoms with Crippen LogP contribution in [-0.4, -0.2) is 25.2 Å². The summed E-state index contributed by atoms with van der Waals surface area (Å²) in [4.78, 5) is 24.2. The molecule has 0 heterocycles. The van der Waals surface area contributed by atoms with Gasteiger partial charge in [-0.2, -0.15) is 0 Å². The van der Waals surface area contributed by atoms with E-state index in [0.717, 1.165) is 44.9 Å². The number of benzene rings is 1. The number of aryl methyl sites for hydroxylation is 1. The van der Waals surface area contributed by atoms with Gasteiger partial charge in [-0.1, -0.05) is 32.0 Å². The smallest absolute Gasteiger partial charge is 0.311 e. The van der Waals surface area contributed by atoms with Gasteiger partial charge in [-0.15, -0.1) is 0 Å². The van der Waals surface area contributed by atoms with Crippen LogP contribution < -0.4 is 0 Å². The third kappa shape index (κ3) is 9.61. The molecule has 35 heavy (non-hydrogen) atoms. The van der Waals surface area contributed by atoms with E-state index in [1.165, 1.54) is 23.1 Å². The van der Waals surface area contributed by atoms with Crippen molar-refractivity contribution in [2.75, 3.05) is 13.2 Å². The maximum absolute atomic E-state index is 12.2. The van der Waals surface area contributed by atoms with Gasteiger partial charge in [-0.3, -0.25) is 9.59 Å². The summed E-state index contributed by atoms with van der Waals surface area (Å²) in [5.41, 5.74) is 3.53. The average molecular weight is 487 g/mol. The first-order valence-electron chi connectivity index (χ1n) is 13.7. The molecule has 1 aromatic rings. The molecule has 1 aliphatic carbocycles. The van der Waals surface area contributed by atoms with Crippen molar-refractivity contribution in [2.24, 2.45) is 22.7 Å². The zero-order chi connectivity index (χ0) is 26.2. The van der Waals surface area contributed by atoms with Crippen LogP contribution in [0, 0.1) is 22.7 Å². The number of hydrogen-bond acceptors (Lipinski definition) is 4. The lowest BCUT2D eigenvalue weighted by molar-refractivity contribution is -0.153. The van der Waals surface area contributed by atoms with Crippen LogP contribution >= 0.6 is 0 Å². The molecule has 2 rings (SSSR count). The minimum atomic E-state index is -0.456. The van der Waals surface area contributed by atoms with E-state index in [0.29, 0.717) is 31.0 Å². The first-order chi connectivity index (χ1) is 16.3. The number of unbranched alkanes of at least 4 members (excludes halogenated alkanes) is 1. The van der Waals surface area contributed by atoms with Gasteiger partial charge in [0.1, 0.15) is 0 Å². The normalized spacial score (nSPS) is 18.3. The van der Waals surface area contributed by atoms with Gasteiger partial charge in [-0.25, -0.2) is 0 Å². The van der Waals surface area contributed by atoms with Crippen molar-refractivity contribution in [1.82, 2.24) is 0 Å². The van der Waals surface area contributed by atoms with Crippen molar-refractivity contribution < 1.29 is 19.1 Å². The van der Waals surface area contributed by atoms with Gasteiger partial charge in [0, 0.05) is 0 Å². The highest BCUT2D eigenvalue weighted by molar-refractivity contribution is 5.75. The van der Waals surface area contributed by atoms with Crippen molar-refractivity contribution >= 4 is 11.9 Å². The van der Waals surface area contributed by atoms with Gasteiger partial charge < -0.3 is 9.47 Å². The van der Waals surface area contributed by atoms with Gasteiger partial charge >= 0.3 is 11.9 Å². The molecule has 4 nitrogen and oxygen atoms in total. The maximum Gasteiger partial charge on any atom is 0.311 e. The topological polar surface area (TPSA) is 52.6 Å². The molecule has 0 fully saturated rings. The third-order valence-corrected chi connectivity index (χ3v) is 6.93. The van der Waals surface area contributed by atoms with Crippen molar-refractivity contribution in [3.8, 4) is 0 Å². The van der Waals surface area contributed by atoms with Crippen LogP contribution in [0.3, 0.4) is 0 Å². The molecular formula is C31H50O4. The summed E-state index contributed by atoms with van der Waals surface area (Å²) in [5, 5.41) is 0. The lowest BCUT2D eigenvalue weighted by Gasteiger charge is -2.35. The van der Waals surface area contributed by atoms with Gasteiger partial charge in [0.25, 0.3) is 0 Å². The largest absolute Gasteiger partial charge is 0.465 e. The number of carbonyl (C=O) groups excluding carboxylic acids is 2. The lowest BCUT2D eigenvalue weighted by Crippen LogP contribution is -2.25. The highest BCUT2D eigenvalue weighted by Gasteiger charge is 2.30. The predicted molar refractivity (Wildman–Crippen MR) is 143 cm³/mol. The van der Waals surface area contributed by atoms with Gasteiger partial charge in [0.05, 0.1) is 24.0 Å². The molecule has 2 unspecified atom stereocenters. The van der Waals surface area contributed by atoms with Gasteiger partial charge in [0.2, 0.25) is 0 Å². The Balaban J connectivity index is 2.02. The first kappa shape index (κ1) is 29.4. The first-order valence-corrected chi connectivity index (χ1v) is 13.7. The second-order valence-electron chi connectivity index (χ2n) is 12.9. The van der Waals surface area contributed by atoms with Crippen molar-refractivity contribution in [3.05, 3.63) is 34.9 Å². The van der Waals surface area contributed by atoms with Crippen molar-refractivity contribution in [1.29, 1.82) is 0 Å². The van der Waals surface area contributed by atoms with E-state index in [1.807, 2.05) is 41.5 Å². The maximum atomic E-state index is 12.2. The highest BCUT2D eigenvalue weighted by atomic mass is 16.5. The molecule has 0 radical (unpaired) electrons. The molecule has 0 amide bonds. The van der Waals surface area contributed by atoms with E-state index in [9.17, 15) is 9.59 Å². The van der Waals surface area contributed by atoms with Crippen LogP contribution in [0.15, 0.2) is 18.2 Å². The third-order valence-electron chi connectivity index (χ3n) is 6.93. The van der Waals surface area contributed by atoms with E-state index in [4.69, 9.17) is 9.47 Å². The van der Waals surface area contributed by atoms with Gasteiger partial charge in [-0.05, 0) is 127 Å². The van der Waals surface area contributed by atoms with E-state index >= 15 is 0 Å². The Kier molecular flexibility index (Phi) is 10.9. The zero-order valence-electron chi connectivity index (χ0n) is 23.7. The molecule has 0 spiro atoms. The fourth-order valence-electron chi connectivity index (χ4n) is 4.92. The molecule has 0 N–H and O–H groups in total. The van der Waals surface area contributed by atoms with Crippen LogP contribution in [0.25, 0.3) is 0 Å². The molecule has 0 bridgehead atoms. The summed E-state index contributed by atoms with van der Waals surface area (Å²) in [6.07, 6.45) is 8.49. The Hall–Kier alpha value is -1.84. The van der Waals surface area contributed by atoms with E-state index < -0.39 is 10.8 Å². The number of carbonyl (C=O) groups is 2. The Morgan fingerprint density at radius 2 is 1.49 bits per heavy atom. The summed E-state index contributed by atoms with van der Waals surface area (Å²) in [7, 11) is 0. The molecule has 0 aromatic heterocycles. The van der Waals surface area contributed by atoms with Crippen LogP contribution in [0.4, 0.5) is 0 Å². The summed E-state index contributed by atoms with van der Waals surface area (Å²) in [5.74, 6) is 1.51. The molecule has 0 saturated heterocycles. The SMILES string of the molecule is CC(C)Cc1ccc2c(c1)C(CCCOC(=O)C(C)(C)C)C(CCCCOC(=O)C(C)(C)C)CC2. The second kappa shape index (κ2) is 12.9. The molecule has 2 atom stereocenters. The Bertz CT molecular complexity index is 825. The zero-order valence-corrected chi connectivity index (χ0v) is 23.7. The Labute approximate surface area is 214 Å². The Morgan fingerprint density at radius 3 is 2.06 bits per heavy atom. The predicted octanol–water partition coefficient (Wildman–Crippen LogP) is 7.66. The van der Waals surface area contributed by atoms with Crippen LogP contribution in [0.5, 0.6) is 0 Å². The van der Waals surface area contributed by atoms with Crippen LogP contribution in [-0.2, 0) is 31.9 Å². The van der Waals surface area contributed by atoms with Gasteiger partial charge in [0.15, 0.2) is 0 Å². The van der Waals surface area contributed by atoms with Crippen LogP contribution in [0.2, 0.25) is 0 Å². The van der Waals surface area contributed by atoms with Crippen molar-refractivity contribution in [3.63, 3.8) is 0 Å². The van der Waals surface area contributed by atoms with Crippen molar-refractivity contribution in [2.45, 2.75) is 113 Å². The molecule has 198 valence electrons. The summed E-state index contributed by atoms with van der Waals surface area (Å²) < 4.78 is 11.0. The number of hydrogen-bond donors (Lipinski definition) is 0. The van der Waals surface area contributed by atoms with Crippen LogP contribution in [0.1, 0.15) is 117 Å². The average Bonchev–Trinajstić information content (AvgIpc) is 2.75.